The molecule has 1 amide bonds. The highest BCUT2D eigenvalue weighted by Gasteiger charge is 2.40. The molecule has 1 N–H and O–H groups in total. The number of halogens is 2. The monoisotopic (exact) mass is 380 g/mol. The van der Waals surface area contributed by atoms with Gasteiger partial charge >= 0.3 is 0 Å². The molecule has 1 saturated heterocycles. The average molecular weight is 381 g/mol. The number of rotatable bonds is 4. The molecular formula is C20H26Cl2N2O. The van der Waals surface area contributed by atoms with Gasteiger partial charge in [0.05, 0.1) is 10.0 Å². The molecule has 5 heteroatoms. The summed E-state index contributed by atoms with van der Waals surface area (Å²) in [7, 11) is 0. The van der Waals surface area contributed by atoms with E-state index in [1.807, 2.05) is 18.2 Å². The molecule has 2 bridgehead atoms. The van der Waals surface area contributed by atoms with E-state index >= 15 is 0 Å². The fraction of sp³-hybridized carbons (Fsp3) is 0.650. The zero-order chi connectivity index (χ0) is 17.4. The molecule has 1 aromatic rings. The zero-order valence-corrected chi connectivity index (χ0v) is 16.0. The summed E-state index contributed by atoms with van der Waals surface area (Å²) in [5, 5.41) is 4.58. The van der Waals surface area contributed by atoms with Gasteiger partial charge in [0, 0.05) is 18.5 Å². The van der Waals surface area contributed by atoms with Crippen LogP contribution in [0.1, 0.15) is 44.1 Å². The van der Waals surface area contributed by atoms with Gasteiger partial charge in [0.1, 0.15) is 0 Å². The summed E-state index contributed by atoms with van der Waals surface area (Å²) in [6.07, 6.45) is 7.16. The number of amides is 1. The Balaban J connectivity index is 1.25. The summed E-state index contributed by atoms with van der Waals surface area (Å²) >= 11 is 12.1. The maximum absolute atomic E-state index is 12.6. The third kappa shape index (κ3) is 3.99. The number of nitrogens with zero attached hydrogens (tertiary/aromatic N) is 1. The Morgan fingerprint density at radius 1 is 1.08 bits per heavy atom. The molecule has 0 aromatic heterocycles. The van der Waals surface area contributed by atoms with Gasteiger partial charge in [-0.05, 0) is 74.7 Å². The van der Waals surface area contributed by atoms with Crippen molar-refractivity contribution in [3.8, 4) is 0 Å². The molecule has 3 fully saturated rings. The van der Waals surface area contributed by atoms with Crippen molar-refractivity contribution in [2.75, 3.05) is 13.1 Å². The number of carbonyl (C=O) groups excluding carboxylic acids is 1. The van der Waals surface area contributed by atoms with Crippen molar-refractivity contribution >= 4 is 29.1 Å². The molecule has 25 heavy (non-hydrogen) atoms. The Morgan fingerprint density at radius 2 is 1.88 bits per heavy atom. The van der Waals surface area contributed by atoms with Crippen LogP contribution < -0.4 is 5.32 Å². The lowest BCUT2D eigenvalue weighted by atomic mass is 9.92. The molecule has 1 heterocycles. The van der Waals surface area contributed by atoms with Crippen molar-refractivity contribution < 1.29 is 4.79 Å². The first-order valence-electron chi connectivity index (χ1n) is 9.55. The summed E-state index contributed by atoms with van der Waals surface area (Å²) in [4.78, 5) is 15.0. The molecule has 1 aliphatic heterocycles. The Kier molecular flexibility index (Phi) is 5.26. The number of carbonyl (C=O) groups is 1. The first-order valence-corrected chi connectivity index (χ1v) is 10.3. The van der Waals surface area contributed by atoms with Crippen molar-refractivity contribution in [3.63, 3.8) is 0 Å². The van der Waals surface area contributed by atoms with Crippen LogP contribution in [0.5, 0.6) is 0 Å². The van der Waals surface area contributed by atoms with Crippen molar-refractivity contribution in [2.45, 2.75) is 51.1 Å². The molecule has 0 spiro atoms. The fourth-order valence-corrected chi connectivity index (χ4v) is 5.29. The van der Waals surface area contributed by atoms with E-state index in [4.69, 9.17) is 23.2 Å². The number of hydrogen-bond acceptors (Lipinski definition) is 2. The molecular weight excluding hydrogens is 355 g/mol. The summed E-state index contributed by atoms with van der Waals surface area (Å²) in [6.45, 7) is 2.81. The number of hydrogen-bond donors (Lipinski definition) is 1. The van der Waals surface area contributed by atoms with Crippen LogP contribution in [-0.4, -0.2) is 29.9 Å². The van der Waals surface area contributed by atoms with Gasteiger partial charge in [0.15, 0.2) is 0 Å². The summed E-state index contributed by atoms with van der Waals surface area (Å²) in [6, 6.07) is 6.29. The third-order valence-corrected chi connectivity index (χ3v) is 7.15. The second-order valence-corrected chi connectivity index (χ2v) is 8.90. The van der Waals surface area contributed by atoms with Crippen LogP contribution in [0.2, 0.25) is 10.0 Å². The second-order valence-electron chi connectivity index (χ2n) is 8.09. The largest absolute Gasteiger partial charge is 0.353 e. The fourth-order valence-electron chi connectivity index (χ4n) is 4.97. The highest BCUT2D eigenvalue weighted by molar-refractivity contribution is 6.42. The lowest BCUT2D eigenvalue weighted by Crippen LogP contribution is -2.45. The summed E-state index contributed by atoms with van der Waals surface area (Å²) in [5.41, 5.74) is 1.18. The highest BCUT2D eigenvalue weighted by atomic mass is 35.5. The Morgan fingerprint density at radius 3 is 2.52 bits per heavy atom. The number of piperidine rings is 1. The van der Waals surface area contributed by atoms with Gasteiger partial charge in [-0.25, -0.2) is 0 Å². The van der Waals surface area contributed by atoms with Gasteiger partial charge < -0.3 is 5.32 Å². The average Bonchev–Trinajstić information content (AvgIpc) is 3.22. The maximum Gasteiger partial charge on any atom is 0.223 e. The lowest BCUT2D eigenvalue weighted by molar-refractivity contribution is -0.127. The predicted molar refractivity (Wildman–Crippen MR) is 102 cm³/mol. The minimum atomic E-state index is 0.184. The van der Waals surface area contributed by atoms with E-state index in [-0.39, 0.29) is 5.92 Å². The standard InChI is InChI=1S/C20H26Cl2N2O/c21-17-4-2-14(10-18(17)22)12-24-7-5-15(6-8-24)20(25)23-19-11-13-1-3-16(19)9-13/h2,4,10,13,15-16,19H,1,3,5-9,11-12H2,(H,23,25). The van der Waals surface area contributed by atoms with Crippen molar-refractivity contribution in [3.05, 3.63) is 33.8 Å². The molecule has 2 aliphatic carbocycles. The predicted octanol–water partition coefficient (Wildman–Crippen LogP) is 4.51. The third-order valence-electron chi connectivity index (χ3n) is 6.41. The quantitative estimate of drug-likeness (QED) is 0.832. The van der Waals surface area contributed by atoms with Gasteiger partial charge in [-0.1, -0.05) is 35.7 Å². The van der Waals surface area contributed by atoms with Crippen LogP contribution in [-0.2, 0) is 11.3 Å². The van der Waals surface area contributed by atoms with Crippen LogP contribution in [0.15, 0.2) is 18.2 Å². The molecule has 2 saturated carbocycles. The number of nitrogens with one attached hydrogen (secondary N) is 1. The molecule has 0 radical (unpaired) electrons. The Labute approximate surface area is 160 Å². The number of benzene rings is 1. The first kappa shape index (κ1) is 17.6. The van der Waals surface area contributed by atoms with Crippen LogP contribution >= 0.6 is 23.2 Å². The SMILES string of the molecule is O=C(NC1CC2CCC1C2)C1CCN(Cc2ccc(Cl)c(Cl)c2)CC1. The molecule has 3 aliphatic rings. The van der Waals surface area contributed by atoms with Gasteiger partial charge in [0.2, 0.25) is 5.91 Å². The van der Waals surface area contributed by atoms with Gasteiger partial charge in [0.25, 0.3) is 0 Å². The topological polar surface area (TPSA) is 32.3 Å². The van der Waals surface area contributed by atoms with Crippen molar-refractivity contribution in [2.24, 2.45) is 17.8 Å². The molecule has 3 atom stereocenters. The summed E-state index contributed by atoms with van der Waals surface area (Å²) < 4.78 is 0. The minimum absolute atomic E-state index is 0.184. The normalized spacial score (nSPS) is 29.9. The highest BCUT2D eigenvalue weighted by Crippen LogP contribution is 2.44. The lowest BCUT2D eigenvalue weighted by Gasteiger charge is -2.33. The van der Waals surface area contributed by atoms with Gasteiger partial charge in [-0.3, -0.25) is 9.69 Å². The van der Waals surface area contributed by atoms with E-state index in [0.29, 0.717) is 22.0 Å². The van der Waals surface area contributed by atoms with E-state index in [2.05, 4.69) is 10.2 Å². The molecule has 3 nitrogen and oxygen atoms in total. The summed E-state index contributed by atoms with van der Waals surface area (Å²) in [5.74, 6) is 2.11. The molecule has 4 rings (SSSR count). The molecule has 136 valence electrons. The van der Waals surface area contributed by atoms with E-state index in [0.717, 1.165) is 44.3 Å². The van der Waals surface area contributed by atoms with E-state index < -0.39 is 0 Å². The van der Waals surface area contributed by atoms with Crippen LogP contribution in [0.4, 0.5) is 0 Å². The van der Waals surface area contributed by atoms with Crippen LogP contribution in [0.25, 0.3) is 0 Å². The Bertz CT molecular complexity index is 643. The Hall–Kier alpha value is -0.770. The van der Waals surface area contributed by atoms with Crippen molar-refractivity contribution in [1.29, 1.82) is 0 Å². The number of fused-ring (bicyclic) bond motifs is 2. The van der Waals surface area contributed by atoms with E-state index in [9.17, 15) is 4.79 Å². The van der Waals surface area contributed by atoms with Crippen LogP contribution in [0.3, 0.4) is 0 Å². The number of likely N-dealkylation sites (tertiary alicyclic amines) is 1. The first-order chi connectivity index (χ1) is 12.1. The zero-order valence-electron chi connectivity index (χ0n) is 14.5. The van der Waals surface area contributed by atoms with Gasteiger partial charge in [-0.15, -0.1) is 0 Å². The van der Waals surface area contributed by atoms with Gasteiger partial charge in [-0.2, -0.15) is 0 Å². The van der Waals surface area contributed by atoms with E-state index in [1.165, 1.54) is 31.2 Å². The van der Waals surface area contributed by atoms with Crippen molar-refractivity contribution in [1.82, 2.24) is 10.2 Å². The molecule has 1 aromatic carbocycles. The molecule has 3 unspecified atom stereocenters. The maximum atomic E-state index is 12.6. The van der Waals surface area contributed by atoms with Crippen LogP contribution in [0, 0.1) is 17.8 Å². The minimum Gasteiger partial charge on any atom is -0.353 e. The smallest absolute Gasteiger partial charge is 0.223 e. The second kappa shape index (κ2) is 7.46. The van der Waals surface area contributed by atoms with E-state index in [1.54, 1.807) is 0 Å².